The summed E-state index contributed by atoms with van der Waals surface area (Å²) in [5, 5.41) is 1.23. The highest BCUT2D eigenvalue weighted by Gasteiger charge is 2.28. The van der Waals surface area contributed by atoms with E-state index in [-0.39, 0.29) is 5.91 Å². The average Bonchev–Trinajstić information content (AvgIpc) is 3.54. The van der Waals surface area contributed by atoms with Crippen molar-refractivity contribution in [2.75, 3.05) is 13.1 Å². The Balaban J connectivity index is 1.41. The van der Waals surface area contributed by atoms with Crippen LogP contribution in [0.4, 0.5) is 0 Å². The van der Waals surface area contributed by atoms with Crippen molar-refractivity contribution in [3.8, 4) is 11.3 Å². The molecule has 150 valence electrons. The van der Waals surface area contributed by atoms with Crippen LogP contribution < -0.4 is 0 Å². The second kappa shape index (κ2) is 8.11. The van der Waals surface area contributed by atoms with Crippen LogP contribution in [0.15, 0.2) is 73.3 Å². The Morgan fingerprint density at radius 2 is 1.87 bits per heavy atom. The fraction of sp³-hybridized carbons (Fsp3) is 0.240. The zero-order valence-electron chi connectivity index (χ0n) is 16.8. The normalized spacial score (nSPS) is 13.5. The molecule has 0 radical (unpaired) electrons. The third-order valence-electron chi connectivity index (χ3n) is 5.78. The molecule has 1 aliphatic carbocycles. The maximum atomic E-state index is 13.6. The summed E-state index contributed by atoms with van der Waals surface area (Å²) in [5.74, 6) is 0.628. The number of nitrogens with one attached hydrogen (secondary N) is 1. The molecule has 0 spiro atoms. The summed E-state index contributed by atoms with van der Waals surface area (Å²) in [7, 11) is 0. The zero-order valence-corrected chi connectivity index (χ0v) is 16.8. The third kappa shape index (κ3) is 3.83. The van der Waals surface area contributed by atoms with Crippen molar-refractivity contribution in [2.24, 2.45) is 5.92 Å². The van der Waals surface area contributed by atoms with Crippen molar-refractivity contribution >= 4 is 16.8 Å². The first kappa shape index (κ1) is 18.6. The zero-order chi connectivity index (χ0) is 20.3. The van der Waals surface area contributed by atoms with Crippen LogP contribution in [-0.4, -0.2) is 38.8 Å². The maximum Gasteiger partial charge on any atom is 0.257 e. The summed E-state index contributed by atoms with van der Waals surface area (Å²) >= 11 is 0. The van der Waals surface area contributed by atoms with Crippen molar-refractivity contribution < 1.29 is 4.79 Å². The minimum absolute atomic E-state index is 0.0150. The number of para-hydroxylation sites is 1. The number of rotatable bonds is 7. The second-order valence-electron chi connectivity index (χ2n) is 7.96. The second-order valence-corrected chi connectivity index (χ2v) is 7.96. The number of benzene rings is 2. The van der Waals surface area contributed by atoms with Gasteiger partial charge in [0.1, 0.15) is 6.33 Å². The van der Waals surface area contributed by atoms with E-state index in [1.54, 1.807) is 6.20 Å². The number of carbonyl (C=O) groups excluding carboxylic acids is 1. The van der Waals surface area contributed by atoms with Crippen LogP contribution in [0.3, 0.4) is 0 Å². The SMILES string of the molecule is O=C(c1cncnc1-c1ccccc1)N(CCc1c[nH]c2ccccc12)CC1CC1. The molecule has 5 nitrogen and oxygen atoms in total. The van der Waals surface area contributed by atoms with Crippen LogP contribution in [-0.2, 0) is 6.42 Å². The first-order chi connectivity index (χ1) is 14.8. The van der Waals surface area contributed by atoms with E-state index in [1.807, 2.05) is 41.3 Å². The summed E-state index contributed by atoms with van der Waals surface area (Å²) in [6, 6.07) is 18.2. The van der Waals surface area contributed by atoms with Crippen molar-refractivity contribution in [3.05, 3.63) is 84.4 Å². The van der Waals surface area contributed by atoms with Gasteiger partial charge >= 0.3 is 0 Å². The van der Waals surface area contributed by atoms with Crippen LogP contribution in [0.5, 0.6) is 0 Å². The molecule has 5 heteroatoms. The highest BCUT2D eigenvalue weighted by Crippen LogP contribution is 2.31. The van der Waals surface area contributed by atoms with Crippen molar-refractivity contribution in [1.29, 1.82) is 0 Å². The Morgan fingerprint density at radius 1 is 1.07 bits per heavy atom. The number of aromatic nitrogens is 3. The number of nitrogens with zero attached hydrogens (tertiary/aromatic N) is 3. The van der Waals surface area contributed by atoms with Gasteiger partial charge in [-0.3, -0.25) is 4.79 Å². The molecule has 2 heterocycles. The molecule has 0 atom stereocenters. The Hall–Kier alpha value is -3.47. The highest BCUT2D eigenvalue weighted by molar-refractivity contribution is 5.99. The van der Waals surface area contributed by atoms with Crippen LogP contribution in [0.25, 0.3) is 22.2 Å². The number of fused-ring (bicyclic) bond motifs is 1. The lowest BCUT2D eigenvalue weighted by Gasteiger charge is -2.23. The Kier molecular flexibility index (Phi) is 5.01. The summed E-state index contributed by atoms with van der Waals surface area (Å²) < 4.78 is 0. The van der Waals surface area contributed by atoms with Crippen molar-refractivity contribution in [2.45, 2.75) is 19.3 Å². The third-order valence-corrected chi connectivity index (χ3v) is 5.78. The van der Waals surface area contributed by atoms with Gasteiger partial charge in [0.25, 0.3) is 5.91 Å². The van der Waals surface area contributed by atoms with Gasteiger partial charge in [-0.1, -0.05) is 48.5 Å². The molecule has 1 aliphatic rings. The lowest BCUT2D eigenvalue weighted by Crippen LogP contribution is -2.35. The average molecular weight is 396 g/mol. The monoisotopic (exact) mass is 396 g/mol. The number of amides is 1. The molecule has 30 heavy (non-hydrogen) atoms. The molecule has 4 aromatic rings. The van der Waals surface area contributed by atoms with E-state index in [2.05, 4.69) is 39.3 Å². The molecular weight excluding hydrogens is 372 g/mol. The van der Waals surface area contributed by atoms with E-state index < -0.39 is 0 Å². The van der Waals surface area contributed by atoms with Gasteiger partial charge in [0.05, 0.1) is 11.3 Å². The van der Waals surface area contributed by atoms with E-state index in [0.717, 1.165) is 24.0 Å². The highest BCUT2D eigenvalue weighted by atomic mass is 16.2. The predicted molar refractivity (Wildman–Crippen MR) is 118 cm³/mol. The van der Waals surface area contributed by atoms with E-state index in [9.17, 15) is 4.79 Å². The Morgan fingerprint density at radius 3 is 2.70 bits per heavy atom. The molecule has 0 bridgehead atoms. The van der Waals surface area contributed by atoms with Gasteiger partial charge in [-0.05, 0) is 36.8 Å². The number of aromatic amines is 1. The van der Waals surface area contributed by atoms with Crippen molar-refractivity contribution in [1.82, 2.24) is 19.9 Å². The van der Waals surface area contributed by atoms with E-state index in [1.165, 1.54) is 30.1 Å². The molecule has 0 unspecified atom stereocenters. The smallest absolute Gasteiger partial charge is 0.257 e. The molecule has 2 aromatic carbocycles. The van der Waals surface area contributed by atoms with Gasteiger partial charge < -0.3 is 9.88 Å². The number of hydrogen-bond acceptors (Lipinski definition) is 3. The summed E-state index contributed by atoms with van der Waals surface area (Å²) in [5.41, 5.74) is 4.58. The van der Waals surface area contributed by atoms with Crippen LogP contribution in [0.1, 0.15) is 28.8 Å². The Labute approximate surface area is 175 Å². The number of hydrogen-bond donors (Lipinski definition) is 1. The molecule has 1 amide bonds. The predicted octanol–water partition coefficient (Wildman–Crippen LogP) is 4.72. The molecule has 1 saturated carbocycles. The van der Waals surface area contributed by atoms with Crippen LogP contribution in [0.2, 0.25) is 0 Å². The number of carbonyl (C=O) groups is 1. The molecule has 2 aromatic heterocycles. The minimum Gasteiger partial charge on any atom is -0.361 e. The number of H-pyrrole nitrogens is 1. The first-order valence-electron chi connectivity index (χ1n) is 10.5. The summed E-state index contributed by atoms with van der Waals surface area (Å²) in [6.07, 6.45) is 8.45. The van der Waals surface area contributed by atoms with Gasteiger partial charge in [0, 0.05) is 41.9 Å². The summed E-state index contributed by atoms with van der Waals surface area (Å²) in [6.45, 7) is 1.48. The van der Waals surface area contributed by atoms with E-state index in [4.69, 9.17) is 0 Å². The quantitative estimate of drug-likeness (QED) is 0.492. The lowest BCUT2D eigenvalue weighted by atomic mass is 10.1. The van der Waals surface area contributed by atoms with Crippen LogP contribution in [0, 0.1) is 5.92 Å². The molecule has 1 fully saturated rings. The maximum absolute atomic E-state index is 13.6. The standard InChI is InChI=1S/C25H24N4O/c30-25(22-15-26-17-28-24(22)19-6-2-1-3-7-19)29(16-18-10-11-18)13-12-20-14-27-23-9-5-4-8-21(20)23/h1-9,14-15,17-18,27H,10-13,16H2. The van der Waals surface area contributed by atoms with E-state index >= 15 is 0 Å². The van der Waals surface area contributed by atoms with Crippen molar-refractivity contribution in [3.63, 3.8) is 0 Å². The molecular formula is C25H24N4O. The van der Waals surface area contributed by atoms with Gasteiger partial charge in [-0.2, -0.15) is 0 Å². The fourth-order valence-corrected chi connectivity index (χ4v) is 3.96. The minimum atomic E-state index is 0.0150. The van der Waals surface area contributed by atoms with Crippen LogP contribution >= 0.6 is 0 Å². The first-order valence-corrected chi connectivity index (χ1v) is 10.5. The van der Waals surface area contributed by atoms with Gasteiger partial charge in [-0.15, -0.1) is 0 Å². The fourth-order valence-electron chi connectivity index (χ4n) is 3.96. The Bertz CT molecular complexity index is 1160. The molecule has 0 aliphatic heterocycles. The molecule has 5 rings (SSSR count). The van der Waals surface area contributed by atoms with Gasteiger partial charge in [0.15, 0.2) is 0 Å². The lowest BCUT2D eigenvalue weighted by molar-refractivity contribution is 0.0749. The topological polar surface area (TPSA) is 61.9 Å². The summed E-state index contributed by atoms with van der Waals surface area (Å²) in [4.78, 5) is 27.5. The largest absolute Gasteiger partial charge is 0.361 e. The van der Waals surface area contributed by atoms with Gasteiger partial charge in [0.2, 0.25) is 0 Å². The van der Waals surface area contributed by atoms with E-state index in [0.29, 0.717) is 23.7 Å². The van der Waals surface area contributed by atoms with Gasteiger partial charge in [-0.25, -0.2) is 9.97 Å². The molecule has 1 N–H and O–H groups in total. The molecule has 0 saturated heterocycles.